The Balaban J connectivity index is 3.02. The van der Waals surface area contributed by atoms with Crippen LogP contribution in [0.4, 0.5) is 0 Å². The molecule has 1 aromatic heterocycles. The van der Waals surface area contributed by atoms with Crippen molar-refractivity contribution in [1.82, 2.24) is 4.98 Å². The Morgan fingerprint density at radius 3 is 2.75 bits per heavy atom. The quantitative estimate of drug-likeness (QED) is 0.772. The summed E-state index contributed by atoms with van der Waals surface area (Å²) in [5, 5.41) is 2.31. The summed E-state index contributed by atoms with van der Waals surface area (Å²) in [5.74, 6) is 1.05. The van der Waals surface area contributed by atoms with Gasteiger partial charge in [0.05, 0.1) is 0 Å². The number of rotatable bonds is 4. The van der Waals surface area contributed by atoms with Crippen molar-refractivity contribution in [3.63, 3.8) is 0 Å². The number of hydrogen-bond donors (Lipinski definition) is 1. The van der Waals surface area contributed by atoms with E-state index >= 15 is 0 Å². The van der Waals surface area contributed by atoms with Gasteiger partial charge in [0, 0.05) is 23.2 Å². The average molecular weight is 219 g/mol. The Morgan fingerprint density at radius 2 is 2.19 bits per heavy atom. The van der Waals surface area contributed by atoms with Crippen LogP contribution in [0.3, 0.4) is 0 Å². The fourth-order valence-electron chi connectivity index (χ4n) is 1.52. The molecule has 88 valence electrons. The van der Waals surface area contributed by atoms with E-state index < -0.39 is 0 Å². The molecule has 0 aliphatic rings. The number of ether oxygens (including phenoxy) is 1. The van der Waals surface area contributed by atoms with Crippen LogP contribution >= 0.6 is 0 Å². The van der Waals surface area contributed by atoms with Gasteiger partial charge in [-0.25, -0.2) is 0 Å². The SMILES string of the molecule is C/C=C(\C)CO/C(CC)=c1\cc[nH]\c1=C\C. The normalized spacial score (nSPS) is 15.2. The van der Waals surface area contributed by atoms with Crippen molar-refractivity contribution >= 4 is 11.8 Å². The summed E-state index contributed by atoms with van der Waals surface area (Å²) in [6, 6.07) is 2.07. The molecule has 0 fully saturated rings. The van der Waals surface area contributed by atoms with E-state index in [9.17, 15) is 0 Å². The third-order valence-corrected chi connectivity index (χ3v) is 2.66. The predicted octanol–water partition coefficient (Wildman–Crippen LogP) is 2.32. The molecule has 0 aliphatic carbocycles. The summed E-state index contributed by atoms with van der Waals surface area (Å²) < 4.78 is 5.84. The highest BCUT2D eigenvalue weighted by molar-refractivity contribution is 5.38. The summed E-state index contributed by atoms with van der Waals surface area (Å²) >= 11 is 0. The number of nitrogens with one attached hydrogen (secondary N) is 1. The third kappa shape index (κ3) is 3.02. The maximum absolute atomic E-state index is 5.84. The standard InChI is InChI=1S/C14H21NO/c1-5-11(4)10-16-14(7-3)12-8-9-15-13(12)6-2/h5-6,8-9,15H,7,10H2,1-4H3/b11-5+,13-6+,14-12+. The molecule has 0 saturated heterocycles. The summed E-state index contributed by atoms with van der Waals surface area (Å²) in [6.45, 7) is 8.93. The lowest BCUT2D eigenvalue weighted by molar-refractivity contribution is 0.294. The van der Waals surface area contributed by atoms with Crippen LogP contribution in [-0.4, -0.2) is 11.6 Å². The molecule has 0 amide bonds. The van der Waals surface area contributed by atoms with Gasteiger partial charge >= 0.3 is 0 Å². The fourth-order valence-corrected chi connectivity index (χ4v) is 1.52. The molecule has 1 rings (SSSR count). The summed E-state index contributed by atoms with van der Waals surface area (Å²) in [4.78, 5) is 3.20. The van der Waals surface area contributed by atoms with E-state index in [-0.39, 0.29) is 0 Å². The largest absolute Gasteiger partial charge is 0.493 e. The smallest absolute Gasteiger partial charge is 0.109 e. The van der Waals surface area contributed by atoms with Crippen LogP contribution in [0.15, 0.2) is 23.9 Å². The van der Waals surface area contributed by atoms with E-state index in [0.29, 0.717) is 6.61 Å². The van der Waals surface area contributed by atoms with Gasteiger partial charge in [-0.05, 0) is 32.4 Å². The summed E-state index contributed by atoms with van der Waals surface area (Å²) in [6.07, 6.45) is 7.01. The van der Waals surface area contributed by atoms with Gasteiger partial charge in [0.1, 0.15) is 12.4 Å². The van der Waals surface area contributed by atoms with Gasteiger partial charge in [-0.15, -0.1) is 0 Å². The van der Waals surface area contributed by atoms with Gasteiger partial charge in [0.25, 0.3) is 0 Å². The minimum Gasteiger partial charge on any atom is -0.493 e. The van der Waals surface area contributed by atoms with Crippen molar-refractivity contribution in [2.24, 2.45) is 0 Å². The van der Waals surface area contributed by atoms with E-state index in [1.165, 1.54) is 10.8 Å². The molecule has 16 heavy (non-hydrogen) atoms. The number of H-pyrrole nitrogens is 1. The van der Waals surface area contributed by atoms with Gasteiger partial charge < -0.3 is 9.72 Å². The average Bonchev–Trinajstić information content (AvgIpc) is 2.77. The molecule has 0 atom stereocenters. The second-order valence-electron chi connectivity index (χ2n) is 3.79. The minimum absolute atomic E-state index is 0.675. The van der Waals surface area contributed by atoms with E-state index in [4.69, 9.17) is 4.74 Å². The molecular formula is C14H21NO. The molecule has 1 aromatic rings. The van der Waals surface area contributed by atoms with E-state index in [0.717, 1.165) is 17.5 Å². The van der Waals surface area contributed by atoms with Gasteiger partial charge in [-0.3, -0.25) is 0 Å². The molecule has 0 aromatic carbocycles. The number of aromatic amines is 1. The molecule has 0 radical (unpaired) electrons. The highest BCUT2D eigenvalue weighted by Gasteiger charge is 1.99. The maximum atomic E-state index is 5.84. The molecule has 2 heteroatoms. The first-order chi connectivity index (χ1) is 7.72. The van der Waals surface area contributed by atoms with E-state index in [2.05, 4.69) is 37.0 Å². The van der Waals surface area contributed by atoms with Crippen LogP contribution < -0.4 is 10.6 Å². The van der Waals surface area contributed by atoms with Crippen molar-refractivity contribution in [2.45, 2.75) is 34.1 Å². The molecule has 2 nitrogen and oxygen atoms in total. The van der Waals surface area contributed by atoms with Crippen LogP contribution in [0, 0.1) is 0 Å². The number of aromatic nitrogens is 1. The predicted molar refractivity (Wildman–Crippen MR) is 69.3 cm³/mol. The second-order valence-corrected chi connectivity index (χ2v) is 3.79. The summed E-state index contributed by atoms with van der Waals surface area (Å²) in [7, 11) is 0. The molecule has 0 saturated carbocycles. The Kier molecular flexibility index (Phi) is 4.90. The Hall–Kier alpha value is -1.44. The first kappa shape index (κ1) is 12.6. The maximum Gasteiger partial charge on any atom is 0.109 e. The highest BCUT2D eigenvalue weighted by atomic mass is 16.5. The Morgan fingerprint density at radius 1 is 1.44 bits per heavy atom. The van der Waals surface area contributed by atoms with Crippen LogP contribution in [-0.2, 0) is 4.74 Å². The Bertz CT molecular complexity index is 465. The van der Waals surface area contributed by atoms with Crippen molar-refractivity contribution in [3.05, 3.63) is 34.5 Å². The minimum atomic E-state index is 0.675. The number of hydrogen-bond acceptors (Lipinski definition) is 1. The molecule has 0 aliphatic heterocycles. The second kappa shape index (κ2) is 6.21. The Labute approximate surface area is 97.3 Å². The monoisotopic (exact) mass is 219 g/mol. The van der Waals surface area contributed by atoms with Crippen LogP contribution in [0.1, 0.15) is 34.1 Å². The zero-order valence-corrected chi connectivity index (χ0v) is 10.6. The molecule has 0 unspecified atom stereocenters. The zero-order valence-electron chi connectivity index (χ0n) is 10.6. The number of allylic oxidation sites excluding steroid dienone is 1. The molecule has 1 N–H and O–H groups in total. The fraction of sp³-hybridized carbons (Fsp3) is 0.429. The van der Waals surface area contributed by atoms with Gasteiger partial charge in [-0.1, -0.05) is 19.1 Å². The lowest BCUT2D eigenvalue weighted by Crippen LogP contribution is -2.25. The van der Waals surface area contributed by atoms with E-state index in [1.807, 2.05) is 20.0 Å². The lowest BCUT2D eigenvalue weighted by atomic mass is 10.2. The highest BCUT2D eigenvalue weighted by Crippen LogP contribution is 2.04. The van der Waals surface area contributed by atoms with Crippen molar-refractivity contribution in [3.8, 4) is 0 Å². The van der Waals surface area contributed by atoms with E-state index in [1.54, 1.807) is 0 Å². The molecule has 0 bridgehead atoms. The van der Waals surface area contributed by atoms with Crippen LogP contribution in [0.25, 0.3) is 11.8 Å². The van der Waals surface area contributed by atoms with Crippen molar-refractivity contribution < 1.29 is 4.74 Å². The third-order valence-electron chi connectivity index (χ3n) is 2.66. The molecule has 0 spiro atoms. The zero-order chi connectivity index (χ0) is 12.0. The van der Waals surface area contributed by atoms with Gasteiger partial charge in [0.2, 0.25) is 0 Å². The summed E-state index contributed by atoms with van der Waals surface area (Å²) in [5.41, 5.74) is 1.25. The van der Waals surface area contributed by atoms with Crippen molar-refractivity contribution in [1.29, 1.82) is 0 Å². The van der Waals surface area contributed by atoms with Crippen LogP contribution in [0.2, 0.25) is 0 Å². The first-order valence-electron chi connectivity index (χ1n) is 5.80. The molecule has 1 heterocycles. The van der Waals surface area contributed by atoms with Gasteiger partial charge in [0.15, 0.2) is 0 Å². The van der Waals surface area contributed by atoms with Crippen LogP contribution in [0.5, 0.6) is 0 Å². The topological polar surface area (TPSA) is 25.0 Å². The van der Waals surface area contributed by atoms with Crippen molar-refractivity contribution in [2.75, 3.05) is 6.61 Å². The van der Waals surface area contributed by atoms with Gasteiger partial charge in [-0.2, -0.15) is 0 Å². The first-order valence-corrected chi connectivity index (χ1v) is 5.80. The lowest BCUT2D eigenvalue weighted by Gasteiger charge is -2.08. The molecular weight excluding hydrogens is 198 g/mol.